The van der Waals surface area contributed by atoms with Gasteiger partial charge >= 0.3 is 6.09 Å². The number of nitrogens with one attached hydrogen (secondary N) is 1. The van der Waals surface area contributed by atoms with E-state index in [-0.39, 0.29) is 30.6 Å². The van der Waals surface area contributed by atoms with Crippen LogP contribution in [0.3, 0.4) is 0 Å². The number of hydrogen-bond acceptors (Lipinski definition) is 3. The van der Waals surface area contributed by atoms with Crippen molar-refractivity contribution in [3.63, 3.8) is 0 Å². The zero-order valence-corrected chi connectivity index (χ0v) is 8.98. The van der Waals surface area contributed by atoms with E-state index in [1.165, 1.54) is 0 Å². The van der Waals surface area contributed by atoms with Crippen molar-refractivity contribution in [1.29, 1.82) is 0 Å². The van der Waals surface area contributed by atoms with Crippen LogP contribution in [-0.2, 0) is 4.74 Å². The molecule has 13 heavy (non-hydrogen) atoms. The first-order chi connectivity index (χ1) is 5.38. The molecule has 3 N–H and O–H groups in total. The molecule has 0 saturated heterocycles. The minimum atomic E-state index is -0.428. The molecular formula is C8H17ClN2O2. The largest absolute Gasteiger partial charge is 0.444 e. The van der Waals surface area contributed by atoms with E-state index in [2.05, 4.69) is 5.32 Å². The summed E-state index contributed by atoms with van der Waals surface area (Å²) in [4.78, 5) is 11.1. The number of rotatable bonds is 1. The number of ether oxygens (including phenoxy) is 1. The lowest BCUT2D eigenvalue weighted by Crippen LogP contribution is -2.35. The second-order valence-corrected chi connectivity index (χ2v) is 4.15. The zero-order valence-electron chi connectivity index (χ0n) is 8.16. The second kappa shape index (κ2) is 4.15. The van der Waals surface area contributed by atoms with Crippen molar-refractivity contribution in [1.82, 2.24) is 5.32 Å². The lowest BCUT2D eigenvalue weighted by Gasteiger charge is -2.19. The van der Waals surface area contributed by atoms with Crippen LogP contribution in [0, 0.1) is 0 Å². The van der Waals surface area contributed by atoms with Crippen molar-refractivity contribution in [3.05, 3.63) is 0 Å². The van der Waals surface area contributed by atoms with Crippen molar-refractivity contribution in [2.75, 3.05) is 0 Å². The maximum Gasteiger partial charge on any atom is 0.407 e. The molecular weight excluding hydrogens is 192 g/mol. The average molecular weight is 209 g/mol. The molecule has 1 aliphatic rings. The SMILES string of the molecule is CC(C)(C)OC(=O)N[C@@H]1C[C@@H]1N.Cl. The summed E-state index contributed by atoms with van der Waals surface area (Å²) in [6.45, 7) is 5.50. The highest BCUT2D eigenvalue weighted by molar-refractivity contribution is 5.85. The molecule has 0 aromatic carbocycles. The maximum absolute atomic E-state index is 11.1. The summed E-state index contributed by atoms with van der Waals surface area (Å²) < 4.78 is 5.03. The molecule has 4 nitrogen and oxygen atoms in total. The number of hydrogen-bond donors (Lipinski definition) is 2. The molecule has 0 aliphatic heterocycles. The molecule has 0 heterocycles. The summed E-state index contributed by atoms with van der Waals surface area (Å²) in [7, 11) is 0. The van der Waals surface area contributed by atoms with Crippen LogP contribution in [-0.4, -0.2) is 23.8 Å². The van der Waals surface area contributed by atoms with Crippen molar-refractivity contribution in [2.45, 2.75) is 44.9 Å². The topological polar surface area (TPSA) is 64.3 Å². The van der Waals surface area contributed by atoms with Gasteiger partial charge in [0, 0.05) is 12.1 Å². The number of carbonyl (C=O) groups is 1. The van der Waals surface area contributed by atoms with Crippen LogP contribution < -0.4 is 11.1 Å². The number of amides is 1. The van der Waals surface area contributed by atoms with Crippen LogP contribution in [0.25, 0.3) is 0 Å². The fourth-order valence-electron chi connectivity index (χ4n) is 0.840. The average Bonchev–Trinajstić information content (AvgIpc) is 2.40. The van der Waals surface area contributed by atoms with Crippen molar-refractivity contribution >= 4 is 18.5 Å². The second-order valence-electron chi connectivity index (χ2n) is 4.15. The number of halogens is 1. The number of nitrogens with two attached hydrogens (primary N) is 1. The van der Waals surface area contributed by atoms with Crippen molar-refractivity contribution < 1.29 is 9.53 Å². The van der Waals surface area contributed by atoms with Gasteiger partial charge in [0.15, 0.2) is 0 Å². The predicted molar refractivity (Wildman–Crippen MR) is 53.0 cm³/mol. The summed E-state index contributed by atoms with van der Waals surface area (Å²) in [6, 6.07) is 0.248. The van der Waals surface area contributed by atoms with E-state index in [1.807, 2.05) is 20.8 Å². The Bertz CT molecular complexity index is 191. The molecule has 78 valence electrons. The number of alkyl carbamates (subject to hydrolysis) is 1. The van der Waals surface area contributed by atoms with Crippen LogP contribution in [0.4, 0.5) is 4.79 Å². The van der Waals surface area contributed by atoms with E-state index in [1.54, 1.807) is 0 Å². The summed E-state index contributed by atoms with van der Waals surface area (Å²) >= 11 is 0. The monoisotopic (exact) mass is 208 g/mol. The highest BCUT2D eigenvalue weighted by Gasteiger charge is 2.35. The first-order valence-electron chi connectivity index (χ1n) is 4.13. The van der Waals surface area contributed by atoms with Crippen LogP contribution in [0.1, 0.15) is 27.2 Å². The molecule has 0 aromatic heterocycles. The Balaban J connectivity index is 0.00000144. The van der Waals surface area contributed by atoms with Gasteiger partial charge in [-0.25, -0.2) is 4.79 Å². The normalized spacial score (nSPS) is 25.8. The Morgan fingerprint density at radius 2 is 2.00 bits per heavy atom. The Kier molecular flexibility index (Phi) is 4.00. The molecule has 1 fully saturated rings. The molecule has 1 aliphatic carbocycles. The Morgan fingerprint density at radius 1 is 1.54 bits per heavy atom. The highest BCUT2D eigenvalue weighted by Crippen LogP contribution is 2.18. The standard InChI is InChI=1S/C8H16N2O2.ClH/c1-8(2,3)12-7(11)10-6-4-5(6)9;/h5-6H,4,9H2,1-3H3,(H,10,11);1H/t5-,6+;/m0./s1. The molecule has 1 amide bonds. The zero-order chi connectivity index (χ0) is 9.35. The maximum atomic E-state index is 11.1. The summed E-state index contributed by atoms with van der Waals surface area (Å²) in [5.41, 5.74) is 5.08. The molecule has 1 rings (SSSR count). The van der Waals surface area contributed by atoms with E-state index in [4.69, 9.17) is 10.5 Å². The van der Waals surface area contributed by atoms with Crippen molar-refractivity contribution in [2.24, 2.45) is 5.73 Å². The smallest absolute Gasteiger partial charge is 0.407 e. The quantitative estimate of drug-likeness (QED) is 0.677. The van der Waals surface area contributed by atoms with Crippen LogP contribution >= 0.6 is 12.4 Å². The van der Waals surface area contributed by atoms with E-state index in [0.29, 0.717) is 0 Å². The third-order valence-electron chi connectivity index (χ3n) is 1.54. The van der Waals surface area contributed by atoms with Gasteiger partial charge in [0.1, 0.15) is 5.60 Å². The summed E-state index contributed by atoms with van der Waals surface area (Å²) in [5.74, 6) is 0. The van der Waals surface area contributed by atoms with Gasteiger partial charge in [0.2, 0.25) is 0 Å². The molecule has 0 aromatic rings. The third-order valence-corrected chi connectivity index (χ3v) is 1.54. The molecule has 0 unspecified atom stereocenters. The highest BCUT2D eigenvalue weighted by atomic mass is 35.5. The molecule has 0 spiro atoms. The minimum absolute atomic E-state index is 0. The van der Waals surface area contributed by atoms with Crippen LogP contribution in [0.5, 0.6) is 0 Å². The molecule has 5 heteroatoms. The van der Waals surface area contributed by atoms with Gasteiger partial charge in [-0.15, -0.1) is 12.4 Å². The van der Waals surface area contributed by atoms with Gasteiger partial charge in [0.05, 0.1) is 0 Å². The first kappa shape index (κ1) is 12.5. The van der Waals surface area contributed by atoms with E-state index >= 15 is 0 Å². The predicted octanol–water partition coefficient (Wildman–Crippen LogP) is 1.03. The van der Waals surface area contributed by atoms with Gasteiger partial charge in [-0.3, -0.25) is 0 Å². The lowest BCUT2D eigenvalue weighted by molar-refractivity contribution is 0.0523. The molecule has 0 radical (unpaired) electrons. The summed E-state index contributed by atoms with van der Waals surface area (Å²) in [6.07, 6.45) is 0.486. The van der Waals surface area contributed by atoms with Crippen LogP contribution in [0.15, 0.2) is 0 Å². The number of carbonyl (C=O) groups excluding carboxylic acids is 1. The van der Waals surface area contributed by atoms with Gasteiger partial charge < -0.3 is 15.8 Å². The van der Waals surface area contributed by atoms with Crippen molar-refractivity contribution in [3.8, 4) is 0 Å². The lowest BCUT2D eigenvalue weighted by atomic mass is 10.2. The Labute approximate surface area is 84.6 Å². The molecule has 1 saturated carbocycles. The fourth-order valence-corrected chi connectivity index (χ4v) is 0.840. The van der Waals surface area contributed by atoms with Gasteiger partial charge in [0.25, 0.3) is 0 Å². The Morgan fingerprint density at radius 3 is 2.31 bits per heavy atom. The van der Waals surface area contributed by atoms with Gasteiger partial charge in [-0.1, -0.05) is 0 Å². The van der Waals surface area contributed by atoms with E-state index in [9.17, 15) is 4.79 Å². The molecule has 2 atom stereocenters. The van der Waals surface area contributed by atoms with E-state index < -0.39 is 5.60 Å². The summed E-state index contributed by atoms with van der Waals surface area (Å²) in [5, 5.41) is 2.67. The third kappa shape index (κ3) is 4.95. The fraction of sp³-hybridized carbons (Fsp3) is 0.875. The van der Waals surface area contributed by atoms with Gasteiger partial charge in [-0.05, 0) is 27.2 Å². The van der Waals surface area contributed by atoms with Crippen LogP contribution in [0.2, 0.25) is 0 Å². The van der Waals surface area contributed by atoms with Gasteiger partial charge in [-0.2, -0.15) is 0 Å². The van der Waals surface area contributed by atoms with E-state index in [0.717, 1.165) is 6.42 Å². The molecule has 0 bridgehead atoms. The Hall–Kier alpha value is -0.480. The minimum Gasteiger partial charge on any atom is -0.444 e. The first-order valence-corrected chi connectivity index (χ1v) is 4.13.